The Kier molecular flexibility index (Phi) is 5.95. The average molecular weight is 451 g/mol. The number of morpholine rings is 1. The van der Waals surface area contributed by atoms with Crippen LogP contribution in [0.3, 0.4) is 0 Å². The van der Waals surface area contributed by atoms with Crippen LogP contribution in [0.25, 0.3) is 10.2 Å². The Bertz CT molecular complexity index is 1090. The SMILES string of the molecule is C[C@@H]1CCc2c(sc3nc(CN4CCOCC4)nc(Nc4ccc(C(C)(C)C)cc4)c23)C1. The lowest BCUT2D eigenvalue weighted by Gasteiger charge is -2.26. The summed E-state index contributed by atoms with van der Waals surface area (Å²) in [6.45, 7) is 13.3. The molecule has 3 aromatic rings. The van der Waals surface area contributed by atoms with Gasteiger partial charge in [-0.05, 0) is 53.9 Å². The third-order valence-corrected chi connectivity index (χ3v) is 7.83. The molecule has 0 amide bonds. The molecule has 1 atom stereocenters. The van der Waals surface area contributed by atoms with Gasteiger partial charge in [-0.3, -0.25) is 4.90 Å². The topological polar surface area (TPSA) is 50.3 Å². The van der Waals surface area contributed by atoms with Crippen molar-refractivity contribution in [1.29, 1.82) is 0 Å². The second-order valence-corrected chi connectivity index (χ2v) is 11.4. The van der Waals surface area contributed by atoms with E-state index in [0.29, 0.717) is 0 Å². The number of ether oxygens (including phenoxy) is 1. The molecule has 1 fully saturated rings. The van der Waals surface area contributed by atoms with E-state index in [9.17, 15) is 0 Å². The number of aryl methyl sites for hydroxylation is 1. The molecule has 2 aliphatic rings. The zero-order chi connectivity index (χ0) is 22.3. The Labute approximate surface area is 195 Å². The van der Waals surface area contributed by atoms with Crippen LogP contribution >= 0.6 is 11.3 Å². The molecule has 3 heterocycles. The van der Waals surface area contributed by atoms with Crippen molar-refractivity contribution in [3.63, 3.8) is 0 Å². The van der Waals surface area contributed by atoms with Crippen molar-refractivity contribution < 1.29 is 4.74 Å². The summed E-state index contributed by atoms with van der Waals surface area (Å²) < 4.78 is 5.52. The highest BCUT2D eigenvalue weighted by atomic mass is 32.1. The summed E-state index contributed by atoms with van der Waals surface area (Å²) in [5.74, 6) is 2.62. The van der Waals surface area contributed by atoms with E-state index >= 15 is 0 Å². The van der Waals surface area contributed by atoms with Gasteiger partial charge in [0.2, 0.25) is 0 Å². The molecule has 1 saturated heterocycles. The van der Waals surface area contributed by atoms with Gasteiger partial charge in [-0.15, -0.1) is 11.3 Å². The molecule has 1 aliphatic heterocycles. The van der Waals surface area contributed by atoms with E-state index in [1.54, 1.807) is 0 Å². The summed E-state index contributed by atoms with van der Waals surface area (Å²) in [7, 11) is 0. The van der Waals surface area contributed by atoms with Crippen LogP contribution < -0.4 is 5.32 Å². The Morgan fingerprint density at radius 1 is 1.12 bits per heavy atom. The quantitative estimate of drug-likeness (QED) is 0.553. The maximum Gasteiger partial charge on any atom is 0.146 e. The molecule has 0 radical (unpaired) electrons. The monoisotopic (exact) mass is 450 g/mol. The van der Waals surface area contributed by atoms with Gasteiger partial charge in [0.25, 0.3) is 0 Å². The van der Waals surface area contributed by atoms with Crippen LogP contribution in [0.5, 0.6) is 0 Å². The number of hydrogen-bond acceptors (Lipinski definition) is 6. The van der Waals surface area contributed by atoms with E-state index in [1.807, 2.05) is 11.3 Å². The molecule has 0 saturated carbocycles. The molecule has 0 spiro atoms. The number of anilines is 2. The van der Waals surface area contributed by atoms with Crippen LogP contribution in [0.1, 0.15) is 55.9 Å². The molecule has 2 aromatic heterocycles. The first-order chi connectivity index (χ1) is 15.4. The van der Waals surface area contributed by atoms with Crippen LogP contribution in [-0.2, 0) is 29.5 Å². The van der Waals surface area contributed by atoms with Crippen LogP contribution in [0.2, 0.25) is 0 Å². The minimum absolute atomic E-state index is 0.148. The number of fused-ring (bicyclic) bond motifs is 3. The number of aromatic nitrogens is 2. The van der Waals surface area contributed by atoms with E-state index in [-0.39, 0.29) is 5.41 Å². The molecule has 0 unspecified atom stereocenters. The van der Waals surface area contributed by atoms with Crippen LogP contribution in [0.4, 0.5) is 11.5 Å². The third kappa shape index (κ3) is 4.54. The summed E-state index contributed by atoms with van der Waals surface area (Å²) >= 11 is 1.88. The highest BCUT2D eigenvalue weighted by Gasteiger charge is 2.25. The van der Waals surface area contributed by atoms with Crippen molar-refractivity contribution in [3.05, 3.63) is 46.1 Å². The largest absolute Gasteiger partial charge is 0.379 e. The first kappa shape index (κ1) is 21.8. The molecular formula is C26H34N4OS. The molecule has 5 rings (SSSR count). The molecule has 32 heavy (non-hydrogen) atoms. The Balaban J connectivity index is 1.52. The van der Waals surface area contributed by atoms with E-state index < -0.39 is 0 Å². The van der Waals surface area contributed by atoms with Crippen LogP contribution in [-0.4, -0.2) is 41.2 Å². The number of thiophene rings is 1. The van der Waals surface area contributed by atoms with E-state index in [0.717, 1.165) is 73.8 Å². The number of rotatable bonds is 4. The van der Waals surface area contributed by atoms with Gasteiger partial charge in [-0.25, -0.2) is 9.97 Å². The smallest absolute Gasteiger partial charge is 0.146 e. The van der Waals surface area contributed by atoms with Gasteiger partial charge in [0.15, 0.2) is 0 Å². The van der Waals surface area contributed by atoms with Gasteiger partial charge in [0.05, 0.1) is 25.1 Å². The van der Waals surface area contributed by atoms with Crippen LogP contribution in [0.15, 0.2) is 24.3 Å². The second kappa shape index (κ2) is 8.73. The summed E-state index contributed by atoms with van der Waals surface area (Å²) in [5.41, 5.74) is 4.04. The van der Waals surface area contributed by atoms with E-state index in [1.165, 1.54) is 27.8 Å². The molecular weight excluding hydrogens is 416 g/mol. The second-order valence-electron chi connectivity index (χ2n) is 10.4. The van der Waals surface area contributed by atoms with Gasteiger partial charge >= 0.3 is 0 Å². The number of nitrogens with one attached hydrogen (secondary N) is 1. The zero-order valence-electron chi connectivity index (χ0n) is 19.7. The fourth-order valence-electron chi connectivity index (χ4n) is 4.70. The maximum atomic E-state index is 5.52. The van der Waals surface area contributed by atoms with E-state index in [2.05, 4.69) is 62.2 Å². The first-order valence-corrected chi connectivity index (χ1v) is 12.7. The summed E-state index contributed by atoms with van der Waals surface area (Å²) in [5, 5.41) is 4.90. The molecule has 5 nitrogen and oxygen atoms in total. The Hall–Kier alpha value is -2.02. The first-order valence-electron chi connectivity index (χ1n) is 11.9. The molecule has 1 aliphatic carbocycles. The minimum atomic E-state index is 0.148. The lowest BCUT2D eigenvalue weighted by molar-refractivity contribution is 0.0331. The van der Waals surface area contributed by atoms with Gasteiger partial charge in [0, 0.05) is 23.7 Å². The average Bonchev–Trinajstić information content (AvgIpc) is 3.11. The van der Waals surface area contributed by atoms with Gasteiger partial charge in [-0.2, -0.15) is 0 Å². The van der Waals surface area contributed by atoms with Crippen molar-refractivity contribution in [2.75, 3.05) is 31.6 Å². The Morgan fingerprint density at radius 2 is 1.88 bits per heavy atom. The fraction of sp³-hybridized carbons (Fsp3) is 0.538. The summed E-state index contributed by atoms with van der Waals surface area (Å²) in [4.78, 5) is 15.1. The lowest BCUT2D eigenvalue weighted by atomic mass is 9.87. The van der Waals surface area contributed by atoms with Crippen molar-refractivity contribution in [2.45, 2.75) is 58.9 Å². The van der Waals surface area contributed by atoms with Gasteiger partial charge in [-0.1, -0.05) is 39.8 Å². The van der Waals surface area contributed by atoms with Crippen molar-refractivity contribution in [1.82, 2.24) is 14.9 Å². The molecule has 6 heteroatoms. The van der Waals surface area contributed by atoms with Crippen LogP contribution in [0, 0.1) is 5.92 Å². The normalized spacial score (nSPS) is 19.8. The molecule has 0 bridgehead atoms. The highest BCUT2D eigenvalue weighted by molar-refractivity contribution is 7.19. The van der Waals surface area contributed by atoms with Crippen molar-refractivity contribution >= 4 is 33.1 Å². The standard InChI is InChI=1S/C26H34N4OS/c1-17-5-10-20-21(15-17)32-25-23(20)24(27-19-8-6-18(7-9-19)26(2,3)4)28-22(29-25)16-30-11-13-31-14-12-30/h6-9,17H,5,10-16H2,1-4H3,(H,27,28,29)/t17-/m1/s1. The minimum Gasteiger partial charge on any atom is -0.379 e. The number of nitrogens with zero attached hydrogens (tertiary/aromatic N) is 3. The summed E-state index contributed by atoms with van der Waals surface area (Å²) in [6.07, 6.45) is 3.53. The van der Waals surface area contributed by atoms with Crippen molar-refractivity contribution in [2.24, 2.45) is 5.92 Å². The fourth-order valence-corrected chi connectivity index (χ4v) is 6.10. The van der Waals surface area contributed by atoms with E-state index in [4.69, 9.17) is 14.7 Å². The Morgan fingerprint density at radius 3 is 2.59 bits per heavy atom. The molecule has 1 aromatic carbocycles. The van der Waals surface area contributed by atoms with Gasteiger partial charge < -0.3 is 10.1 Å². The number of benzene rings is 1. The lowest BCUT2D eigenvalue weighted by Crippen LogP contribution is -2.36. The third-order valence-electron chi connectivity index (χ3n) is 6.68. The van der Waals surface area contributed by atoms with Crippen molar-refractivity contribution in [3.8, 4) is 0 Å². The molecule has 170 valence electrons. The molecule has 1 N–H and O–H groups in total. The maximum absolute atomic E-state index is 5.52. The predicted octanol–water partition coefficient (Wildman–Crippen LogP) is 5.69. The predicted molar refractivity (Wildman–Crippen MR) is 133 cm³/mol. The van der Waals surface area contributed by atoms with Gasteiger partial charge in [0.1, 0.15) is 16.5 Å². The highest BCUT2D eigenvalue weighted by Crippen LogP contribution is 2.41. The zero-order valence-corrected chi connectivity index (χ0v) is 20.5. The summed E-state index contributed by atoms with van der Waals surface area (Å²) in [6, 6.07) is 8.80. The number of hydrogen-bond donors (Lipinski definition) is 1.